The molecule has 0 spiro atoms. The van der Waals surface area contributed by atoms with Gasteiger partial charge in [-0.15, -0.1) is 0 Å². The third-order valence-electron chi connectivity index (χ3n) is 3.88. The highest BCUT2D eigenvalue weighted by atomic mass is 16.4. The van der Waals surface area contributed by atoms with Crippen molar-refractivity contribution in [2.24, 2.45) is 0 Å². The molecule has 3 N–H and O–H groups in total. The second-order valence-corrected chi connectivity index (χ2v) is 5.25. The maximum atomic E-state index is 10.6. The quantitative estimate of drug-likeness (QED) is 0.684. The summed E-state index contributed by atoms with van der Waals surface area (Å²) in [5, 5.41) is 22.0. The molecule has 0 aromatic heterocycles. The summed E-state index contributed by atoms with van der Waals surface area (Å²) in [7, 11) is 1.74. The van der Waals surface area contributed by atoms with Crippen LogP contribution in [-0.4, -0.2) is 29.3 Å². The Bertz CT molecular complexity index is 416. The number of aliphatic carboxylic acids is 1. The number of carbonyl (C=O) groups is 1. The molecule has 112 valence electrons. The van der Waals surface area contributed by atoms with Gasteiger partial charge in [-0.1, -0.05) is 38.1 Å². The Kier molecular flexibility index (Phi) is 6.68. The molecule has 0 aliphatic heterocycles. The smallest absolute Gasteiger partial charge is 0.303 e. The van der Waals surface area contributed by atoms with Gasteiger partial charge in [0.15, 0.2) is 0 Å². The molecule has 0 aliphatic carbocycles. The van der Waals surface area contributed by atoms with Gasteiger partial charge < -0.3 is 15.5 Å². The fourth-order valence-electron chi connectivity index (χ4n) is 2.23. The van der Waals surface area contributed by atoms with Crippen molar-refractivity contribution in [1.29, 1.82) is 0 Å². The Morgan fingerprint density at radius 1 is 1.25 bits per heavy atom. The lowest BCUT2D eigenvalue weighted by Crippen LogP contribution is -2.32. The third-order valence-corrected chi connectivity index (χ3v) is 3.88. The van der Waals surface area contributed by atoms with Gasteiger partial charge in [0.05, 0.1) is 6.10 Å². The fourth-order valence-corrected chi connectivity index (χ4v) is 2.23. The summed E-state index contributed by atoms with van der Waals surface area (Å²) in [6.45, 7) is 4.32. The Balaban J connectivity index is 2.74. The van der Waals surface area contributed by atoms with Crippen LogP contribution in [0.15, 0.2) is 24.3 Å². The molecule has 0 radical (unpaired) electrons. The maximum Gasteiger partial charge on any atom is 0.303 e. The lowest BCUT2D eigenvalue weighted by Gasteiger charge is -2.22. The molecule has 0 saturated carbocycles. The Hall–Kier alpha value is -1.39. The van der Waals surface area contributed by atoms with Crippen LogP contribution in [0.2, 0.25) is 0 Å². The van der Waals surface area contributed by atoms with E-state index in [0.29, 0.717) is 12.3 Å². The first-order chi connectivity index (χ1) is 9.49. The molecule has 3 atom stereocenters. The minimum atomic E-state index is -0.843. The molecule has 0 fully saturated rings. The summed E-state index contributed by atoms with van der Waals surface area (Å²) < 4.78 is 0. The van der Waals surface area contributed by atoms with Crippen LogP contribution in [0.4, 0.5) is 0 Å². The second kappa shape index (κ2) is 8.02. The van der Waals surface area contributed by atoms with Crippen LogP contribution in [-0.2, 0) is 4.79 Å². The SMILES string of the molecule is CCC(C)c1ccc(C(O)C(CCC(=O)O)NC)cc1. The van der Waals surface area contributed by atoms with Crippen LogP contribution in [0.25, 0.3) is 0 Å². The molecule has 0 amide bonds. The number of hydrogen-bond donors (Lipinski definition) is 3. The van der Waals surface area contributed by atoms with E-state index >= 15 is 0 Å². The van der Waals surface area contributed by atoms with E-state index in [9.17, 15) is 9.90 Å². The largest absolute Gasteiger partial charge is 0.481 e. The fraction of sp³-hybridized carbons (Fsp3) is 0.562. The van der Waals surface area contributed by atoms with Gasteiger partial charge in [-0.3, -0.25) is 4.79 Å². The number of rotatable bonds is 8. The highest BCUT2D eigenvalue weighted by molar-refractivity contribution is 5.66. The van der Waals surface area contributed by atoms with E-state index in [4.69, 9.17) is 5.11 Å². The third kappa shape index (κ3) is 4.62. The molecular weight excluding hydrogens is 254 g/mol. The Morgan fingerprint density at radius 3 is 2.25 bits per heavy atom. The van der Waals surface area contributed by atoms with E-state index < -0.39 is 12.1 Å². The number of likely N-dealkylation sites (N-methyl/N-ethyl adjacent to an activating group) is 1. The van der Waals surface area contributed by atoms with Crippen molar-refractivity contribution in [3.05, 3.63) is 35.4 Å². The molecule has 4 heteroatoms. The van der Waals surface area contributed by atoms with Crippen LogP contribution in [0.3, 0.4) is 0 Å². The minimum Gasteiger partial charge on any atom is -0.481 e. The number of aliphatic hydroxyl groups is 1. The number of carboxylic acids is 1. The second-order valence-electron chi connectivity index (χ2n) is 5.25. The molecule has 0 aliphatic rings. The number of nitrogens with one attached hydrogen (secondary N) is 1. The lowest BCUT2D eigenvalue weighted by atomic mass is 9.94. The Labute approximate surface area is 120 Å². The lowest BCUT2D eigenvalue weighted by molar-refractivity contribution is -0.137. The molecular formula is C16H25NO3. The van der Waals surface area contributed by atoms with Crippen LogP contribution in [0, 0.1) is 0 Å². The standard InChI is InChI=1S/C16H25NO3/c1-4-11(2)12-5-7-13(8-6-12)16(20)14(17-3)9-10-15(18)19/h5-8,11,14,16-17,20H,4,9-10H2,1-3H3,(H,18,19). The van der Waals surface area contributed by atoms with E-state index in [2.05, 4.69) is 19.2 Å². The maximum absolute atomic E-state index is 10.6. The molecule has 20 heavy (non-hydrogen) atoms. The molecule has 0 saturated heterocycles. The number of carboxylic acid groups (broad SMARTS) is 1. The van der Waals surface area contributed by atoms with Gasteiger partial charge in [0.25, 0.3) is 0 Å². The topological polar surface area (TPSA) is 69.6 Å². The molecule has 0 bridgehead atoms. The van der Waals surface area contributed by atoms with Gasteiger partial charge in [0.2, 0.25) is 0 Å². The van der Waals surface area contributed by atoms with Crippen molar-refractivity contribution < 1.29 is 15.0 Å². The van der Waals surface area contributed by atoms with E-state index in [1.807, 2.05) is 24.3 Å². The van der Waals surface area contributed by atoms with Crippen molar-refractivity contribution in [2.75, 3.05) is 7.05 Å². The first kappa shape index (κ1) is 16.7. The summed E-state index contributed by atoms with van der Waals surface area (Å²) in [5.41, 5.74) is 2.08. The molecule has 1 rings (SSSR count). The van der Waals surface area contributed by atoms with Crippen molar-refractivity contribution in [1.82, 2.24) is 5.32 Å². The number of hydrogen-bond acceptors (Lipinski definition) is 3. The summed E-state index contributed by atoms with van der Waals surface area (Å²) in [6.07, 6.45) is 0.845. The van der Waals surface area contributed by atoms with E-state index in [1.54, 1.807) is 7.05 Å². The van der Waals surface area contributed by atoms with Crippen LogP contribution in [0.1, 0.15) is 56.3 Å². The average molecular weight is 279 g/mol. The average Bonchev–Trinajstić information content (AvgIpc) is 2.46. The molecule has 0 heterocycles. The van der Waals surface area contributed by atoms with Crippen molar-refractivity contribution in [3.63, 3.8) is 0 Å². The predicted octanol–water partition coefficient (Wildman–Crippen LogP) is 2.69. The van der Waals surface area contributed by atoms with Crippen LogP contribution in [0.5, 0.6) is 0 Å². The zero-order chi connectivity index (χ0) is 15.1. The summed E-state index contributed by atoms with van der Waals surface area (Å²) in [6, 6.07) is 7.68. The first-order valence-corrected chi connectivity index (χ1v) is 7.16. The predicted molar refractivity (Wildman–Crippen MR) is 79.8 cm³/mol. The molecule has 4 nitrogen and oxygen atoms in total. The van der Waals surface area contributed by atoms with Gasteiger partial charge in [-0.25, -0.2) is 0 Å². The molecule has 3 unspecified atom stereocenters. The first-order valence-electron chi connectivity index (χ1n) is 7.16. The zero-order valence-corrected chi connectivity index (χ0v) is 12.5. The van der Waals surface area contributed by atoms with Gasteiger partial charge in [-0.2, -0.15) is 0 Å². The molecule has 1 aromatic rings. The van der Waals surface area contributed by atoms with Crippen molar-refractivity contribution in [3.8, 4) is 0 Å². The van der Waals surface area contributed by atoms with Gasteiger partial charge in [-0.05, 0) is 36.9 Å². The van der Waals surface area contributed by atoms with Crippen molar-refractivity contribution >= 4 is 5.97 Å². The van der Waals surface area contributed by atoms with E-state index in [-0.39, 0.29) is 12.5 Å². The van der Waals surface area contributed by atoms with Gasteiger partial charge >= 0.3 is 5.97 Å². The summed E-state index contributed by atoms with van der Waals surface area (Å²) in [4.78, 5) is 10.6. The summed E-state index contributed by atoms with van der Waals surface area (Å²) >= 11 is 0. The monoisotopic (exact) mass is 279 g/mol. The zero-order valence-electron chi connectivity index (χ0n) is 12.5. The van der Waals surface area contributed by atoms with Gasteiger partial charge in [0, 0.05) is 12.5 Å². The summed E-state index contributed by atoms with van der Waals surface area (Å²) in [5.74, 6) is -0.335. The van der Waals surface area contributed by atoms with Crippen LogP contribution >= 0.6 is 0 Å². The van der Waals surface area contributed by atoms with Gasteiger partial charge in [0.1, 0.15) is 0 Å². The highest BCUT2D eigenvalue weighted by Gasteiger charge is 2.20. The number of aliphatic hydroxyl groups excluding tert-OH is 1. The van der Waals surface area contributed by atoms with Crippen molar-refractivity contribution in [2.45, 2.75) is 51.2 Å². The van der Waals surface area contributed by atoms with Crippen LogP contribution < -0.4 is 5.32 Å². The van der Waals surface area contributed by atoms with E-state index in [1.165, 1.54) is 5.56 Å². The normalized spacial score (nSPS) is 15.6. The van der Waals surface area contributed by atoms with E-state index in [0.717, 1.165) is 12.0 Å². The number of benzene rings is 1. The molecule has 1 aromatic carbocycles. The Morgan fingerprint density at radius 2 is 1.80 bits per heavy atom. The highest BCUT2D eigenvalue weighted by Crippen LogP contribution is 2.24. The minimum absolute atomic E-state index is 0.0491.